The van der Waals surface area contributed by atoms with Crippen LogP contribution >= 0.6 is 0 Å². The summed E-state index contributed by atoms with van der Waals surface area (Å²) in [5, 5.41) is 10.3. The fourth-order valence-electron chi connectivity index (χ4n) is 3.37. The molecule has 0 saturated heterocycles. The van der Waals surface area contributed by atoms with Gasteiger partial charge in [0.25, 0.3) is 0 Å². The number of allylic oxidation sites excluding steroid dienone is 7. The van der Waals surface area contributed by atoms with Crippen molar-refractivity contribution in [1.82, 2.24) is 0 Å². The zero-order valence-electron chi connectivity index (χ0n) is 18.0. The molecular formula is C25H37NO. The van der Waals surface area contributed by atoms with Gasteiger partial charge in [-0.05, 0) is 73.9 Å². The van der Waals surface area contributed by atoms with Gasteiger partial charge in [0, 0.05) is 11.3 Å². The molecule has 0 aliphatic rings. The van der Waals surface area contributed by atoms with Crippen molar-refractivity contribution >= 4 is 11.1 Å². The summed E-state index contributed by atoms with van der Waals surface area (Å²) >= 11 is 0. The minimum atomic E-state index is 0.361. The summed E-state index contributed by atoms with van der Waals surface area (Å²) in [6.45, 7) is 12.4. The van der Waals surface area contributed by atoms with Crippen LogP contribution in [0.15, 0.2) is 53.5 Å². The van der Waals surface area contributed by atoms with Crippen molar-refractivity contribution in [3.05, 3.63) is 70.1 Å². The molecule has 0 saturated carbocycles. The molecule has 0 atom stereocenters. The Bertz CT molecular complexity index is 744. The molecule has 1 aromatic carbocycles. The highest BCUT2D eigenvalue weighted by Gasteiger charge is 2.12. The number of hydrogen-bond donors (Lipinski definition) is 2. The summed E-state index contributed by atoms with van der Waals surface area (Å²) in [6.07, 6.45) is 11.6. The molecule has 0 unspecified atom stereocenters. The van der Waals surface area contributed by atoms with Crippen LogP contribution in [0.1, 0.15) is 83.4 Å². The first-order valence-corrected chi connectivity index (χ1v) is 10.2. The predicted molar refractivity (Wildman–Crippen MR) is 121 cm³/mol. The average molecular weight is 368 g/mol. The molecule has 148 valence electrons. The minimum Gasteiger partial charge on any atom is -0.512 e. The fraction of sp³-hybridized carbons (Fsp3) is 0.440. The molecule has 0 radical (unpaired) electrons. The summed E-state index contributed by atoms with van der Waals surface area (Å²) in [4.78, 5) is 0. The summed E-state index contributed by atoms with van der Waals surface area (Å²) in [6, 6.07) is 6.39. The highest BCUT2D eigenvalue weighted by molar-refractivity contribution is 5.82. The third kappa shape index (κ3) is 6.46. The first-order chi connectivity index (χ1) is 12.9. The summed E-state index contributed by atoms with van der Waals surface area (Å²) in [5.41, 5.74) is 13.8. The third-order valence-electron chi connectivity index (χ3n) is 4.79. The highest BCUT2D eigenvalue weighted by Crippen LogP contribution is 2.31. The van der Waals surface area contributed by atoms with E-state index >= 15 is 0 Å². The van der Waals surface area contributed by atoms with Crippen LogP contribution in [0.4, 0.5) is 0 Å². The fourth-order valence-corrected chi connectivity index (χ4v) is 3.37. The molecule has 2 heteroatoms. The van der Waals surface area contributed by atoms with Gasteiger partial charge in [-0.25, -0.2) is 0 Å². The van der Waals surface area contributed by atoms with E-state index in [9.17, 15) is 5.11 Å². The van der Waals surface area contributed by atoms with Crippen LogP contribution in [0.5, 0.6) is 0 Å². The molecule has 0 aromatic heterocycles. The Hall–Kier alpha value is -2.22. The van der Waals surface area contributed by atoms with Crippen molar-refractivity contribution in [1.29, 1.82) is 0 Å². The van der Waals surface area contributed by atoms with Crippen LogP contribution in [-0.4, -0.2) is 5.11 Å². The van der Waals surface area contributed by atoms with Crippen LogP contribution in [0.25, 0.3) is 11.1 Å². The molecule has 0 aliphatic heterocycles. The second-order valence-corrected chi connectivity index (χ2v) is 7.14. The van der Waals surface area contributed by atoms with Crippen LogP contribution in [0.2, 0.25) is 0 Å². The topological polar surface area (TPSA) is 46.2 Å². The molecule has 0 spiro atoms. The van der Waals surface area contributed by atoms with E-state index in [4.69, 9.17) is 5.73 Å². The van der Waals surface area contributed by atoms with Gasteiger partial charge in [0.05, 0.1) is 5.76 Å². The van der Waals surface area contributed by atoms with E-state index < -0.39 is 0 Å². The molecule has 3 N–H and O–H groups in total. The first kappa shape index (κ1) is 22.8. The molecule has 1 rings (SSSR count). The Morgan fingerprint density at radius 1 is 1.07 bits per heavy atom. The van der Waals surface area contributed by atoms with E-state index in [1.165, 1.54) is 16.7 Å². The summed E-state index contributed by atoms with van der Waals surface area (Å²) in [7, 11) is 0. The minimum absolute atomic E-state index is 0.361. The maximum Gasteiger partial charge on any atom is 0.0972 e. The van der Waals surface area contributed by atoms with Crippen LogP contribution in [-0.2, 0) is 0 Å². The predicted octanol–water partition coefficient (Wildman–Crippen LogP) is 7.47. The van der Waals surface area contributed by atoms with Crippen molar-refractivity contribution in [2.45, 2.75) is 73.6 Å². The second kappa shape index (κ2) is 11.5. The number of aryl methyl sites for hydroxylation is 1. The molecule has 27 heavy (non-hydrogen) atoms. The van der Waals surface area contributed by atoms with Gasteiger partial charge in [0.2, 0.25) is 0 Å². The number of aliphatic hydroxyl groups is 1. The van der Waals surface area contributed by atoms with Gasteiger partial charge in [-0.15, -0.1) is 0 Å². The largest absolute Gasteiger partial charge is 0.512 e. The molecule has 1 aromatic rings. The van der Waals surface area contributed by atoms with Gasteiger partial charge in [0.1, 0.15) is 0 Å². The Morgan fingerprint density at radius 2 is 1.74 bits per heavy atom. The monoisotopic (exact) mass is 367 g/mol. The molecule has 2 nitrogen and oxygen atoms in total. The number of hydrogen-bond acceptors (Lipinski definition) is 2. The van der Waals surface area contributed by atoms with Gasteiger partial charge in [0.15, 0.2) is 0 Å². The summed E-state index contributed by atoms with van der Waals surface area (Å²) < 4.78 is 0. The van der Waals surface area contributed by atoms with E-state index in [2.05, 4.69) is 65.0 Å². The average Bonchev–Trinajstić information content (AvgIpc) is 2.62. The van der Waals surface area contributed by atoms with Gasteiger partial charge in [-0.3, -0.25) is 0 Å². The Morgan fingerprint density at radius 3 is 2.26 bits per heavy atom. The number of benzene rings is 1. The first-order valence-electron chi connectivity index (χ1n) is 10.2. The Labute approximate surface area is 166 Å². The van der Waals surface area contributed by atoms with E-state index in [0.717, 1.165) is 54.5 Å². The standard InChI is InChI=1S/C25H37NO/c1-7-10-12-14-24(26)22(9-3)23-16-15-21(17-19(23)5)25(20(6)27)18(4)13-11-8-2/h12-17,27H,7-11,26H2,1-6H3/b14-12+,18-13+,24-22+,25-20+. The second-order valence-electron chi connectivity index (χ2n) is 7.14. The maximum atomic E-state index is 10.3. The molecule has 0 fully saturated rings. The van der Waals surface area contributed by atoms with Crippen molar-refractivity contribution in [3.8, 4) is 0 Å². The number of aliphatic hydroxyl groups excluding tert-OH is 1. The number of unbranched alkanes of at least 4 members (excludes halogenated alkanes) is 2. The van der Waals surface area contributed by atoms with E-state index in [1.54, 1.807) is 6.92 Å². The molecule has 0 heterocycles. The smallest absolute Gasteiger partial charge is 0.0972 e. The van der Waals surface area contributed by atoms with E-state index in [1.807, 2.05) is 6.08 Å². The lowest BCUT2D eigenvalue weighted by Gasteiger charge is -2.16. The highest BCUT2D eigenvalue weighted by atomic mass is 16.3. The number of nitrogens with two attached hydrogens (primary N) is 1. The van der Waals surface area contributed by atoms with Crippen LogP contribution in [0.3, 0.4) is 0 Å². The van der Waals surface area contributed by atoms with Crippen molar-refractivity contribution in [2.24, 2.45) is 5.73 Å². The lowest BCUT2D eigenvalue weighted by atomic mass is 9.90. The zero-order valence-corrected chi connectivity index (χ0v) is 18.0. The molecule has 0 bridgehead atoms. The lowest BCUT2D eigenvalue weighted by Crippen LogP contribution is -2.02. The van der Waals surface area contributed by atoms with Crippen molar-refractivity contribution in [2.75, 3.05) is 0 Å². The molecular weight excluding hydrogens is 330 g/mol. The quantitative estimate of drug-likeness (QED) is 0.351. The number of rotatable bonds is 9. The zero-order chi connectivity index (χ0) is 20.4. The lowest BCUT2D eigenvalue weighted by molar-refractivity contribution is 0.417. The molecule has 0 amide bonds. The summed E-state index contributed by atoms with van der Waals surface area (Å²) in [5.74, 6) is 0.361. The Balaban J connectivity index is 3.36. The normalized spacial score (nSPS) is 14.4. The van der Waals surface area contributed by atoms with Crippen molar-refractivity contribution < 1.29 is 5.11 Å². The van der Waals surface area contributed by atoms with E-state index in [-0.39, 0.29) is 0 Å². The van der Waals surface area contributed by atoms with Gasteiger partial charge in [-0.2, -0.15) is 0 Å². The maximum absolute atomic E-state index is 10.3. The van der Waals surface area contributed by atoms with Crippen LogP contribution in [0, 0.1) is 6.92 Å². The van der Waals surface area contributed by atoms with Gasteiger partial charge >= 0.3 is 0 Å². The van der Waals surface area contributed by atoms with Crippen LogP contribution < -0.4 is 5.73 Å². The Kier molecular flexibility index (Phi) is 9.71. The van der Waals surface area contributed by atoms with E-state index in [0.29, 0.717) is 5.76 Å². The third-order valence-corrected chi connectivity index (χ3v) is 4.79. The van der Waals surface area contributed by atoms with Gasteiger partial charge < -0.3 is 10.8 Å². The molecule has 0 aliphatic carbocycles. The van der Waals surface area contributed by atoms with Gasteiger partial charge in [-0.1, -0.05) is 64.0 Å². The SMILES string of the molecule is CCC/C=C/C(N)=C(/CC)c1ccc(C(/C(C)=C/CCC)=C(\C)O)cc1C. The van der Waals surface area contributed by atoms with Crippen molar-refractivity contribution in [3.63, 3.8) is 0 Å².